The van der Waals surface area contributed by atoms with Gasteiger partial charge in [0.15, 0.2) is 11.5 Å². The highest BCUT2D eigenvalue weighted by atomic mass is 16.6. The predicted molar refractivity (Wildman–Crippen MR) is 128 cm³/mol. The second-order valence-corrected chi connectivity index (χ2v) is 6.94. The lowest BCUT2D eigenvalue weighted by Crippen LogP contribution is -2.31. The Hall–Kier alpha value is -4.86. The van der Waals surface area contributed by atoms with Crippen molar-refractivity contribution in [2.24, 2.45) is 0 Å². The maximum Gasteiger partial charge on any atom is 0.280 e. The van der Waals surface area contributed by atoms with Crippen LogP contribution in [0, 0.1) is 10.1 Å². The number of rotatable bonds is 8. The molecule has 4 N–H and O–H groups in total. The number of anilines is 2. The van der Waals surface area contributed by atoms with Gasteiger partial charge in [0, 0.05) is 5.56 Å². The molecule has 0 aliphatic heterocycles. The van der Waals surface area contributed by atoms with Gasteiger partial charge in [-0.15, -0.1) is 0 Å². The molecule has 0 aliphatic rings. The van der Waals surface area contributed by atoms with Crippen LogP contribution in [0.1, 0.15) is 15.9 Å². The summed E-state index contributed by atoms with van der Waals surface area (Å²) < 4.78 is 10.4. The van der Waals surface area contributed by atoms with Gasteiger partial charge in [0.25, 0.3) is 17.5 Å². The monoisotopic (exact) mass is 462 g/mol. The van der Waals surface area contributed by atoms with Crippen LogP contribution in [-0.2, 0) is 4.79 Å². The first-order valence-corrected chi connectivity index (χ1v) is 9.98. The van der Waals surface area contributed by atoms with Crippen molar-refractivity contribution >= 4 is 35.0 Å². The molecular formula is C24H22N4O6. The number of nitrogens with zero attached hydrogens (tertiary/aromatic N) is 1. The smallest absolute Gasteiger partial charge is 0.280 e. The molecule has 0 bridgehead atoms. The number of hydrogen-bond donors (Lipinski definition) is 3. The molecule has 10 nitrogen and oxygen atoms in total. The fourth-order valence-corrected chi connectivity index (χ4v) is 3.06. The Bertz CT molecular complexity index is 1260. The topological polar surface area (TPSA) is 146 Å². The van der Waals surface area contributed by atoms with E-state index in [0.717, 1.165) is 0 Å². The number of para-hydroxylation sites is 2. The average Bonchev–Trinajstić information content (AvgIpc) is 2.84. The number of hydrogen-bond acceptors (Lipinski definition) is 7. The Morgan fingerprint density at radius 3 is 2.21 bits per heavy atom. The number of nitrogens with one attached hydrogen (secondary N) is 2. The van der Waals surface area contributed by atoms with Gasteiger partial charge in [-0.25, -0.2) is 0 Å². The lowest BCUT2D eigenvalue weighted by atomic mass is 10.1. The molecule has 3 aromatic rings. The van der Waals surface area contributed by atoms with Crippen LogP contribution in [0.4, 0.5) is 17.1 Å². The zero-order chi connectivity index (χ0) is 24.7. The molecule has 0 heterocycles. The molecule has 0 aliphatic carbocycles. The van der Waals surface area contributed by atoms with Gasteiger partial charge in [0.1, 0.15) is 5.70 Å². The molecule has 3 rings (SSSR count). The van der Waals surface area contributed by atoms with Crippen LogP contribution >= 0.6 is 0 Å². The number of methoxy groups -OCH3 is 2. The largest absolute Gasteiger partial charge is 0.493 e. The Kier molecular flexibility index (Phi) is 7.45. The van der Waals surface area contributed by atoms with Crippen LogP contribution < -0.4 is 25.8 Å². The zero-order valence-electron chi connectivity index (χ0n) is 18.4. The second-order valence-electron chi connectivity index (χ2n) is 6.94. The summed E-state index contributed by atoms with van der Waals surface area (Å²) in [5.41, 5.74) is 6.24. The Morgan fingerprint density at radius 1 is 0.971 bits per heavy atom. The van der Waals surface area contributed by atoms with Crippen molar-refractivity contribution < 1.29 is 24.0 Å². The summed E-state index contributed by atoms with van der Waals surface area (Å²) in [5, 5.41) is 16.8. The van der Waals surface area contributed by atoms with Crippen molar-refractivity contribution in [2.45, 2.75) is 0 Å². The Balaban J connectivity index is 2.09. The highest BCUT2D eigenvalue weighted by Crippen LogP contribution is 2.35. The van der Waals surface area contributed by atoms with E-state index < -0.39 is 16.7 Å². The number of nitrogens with two attached hydrogens (primary N) is 1. The lowest BCUT2D eigenvalue weighted by Gasteiger charge is -2.13. The summed E-state index contributed by atoms with van der Waals surface area (Å²) in [4.78, 5) is 37.0. The number of benzene rings is 3. The van der Waals surface area contributed by atoms with Gasteiger partial charge in [-0.1, -0.05) is 30.3 Å². The van der Waals surface area contributed by atoms with Gasteiger partial charge >= 0.3 is 0 Å². The molecule has 0 aromatic heterocycles. The fraction of sp³-hybridized carbons (Fsp3) is 0.0833. The molecule has 0 atom stereocenters. The van der Waals surface area contributed by atoms with E-state index in [1.165, 1.54) is 32.4 Å². The van der Waals surface area contributed by atoms with E-state index >= 15 is 0 Å². The SMILES string of the molecule is COc1cc(C=C(NC(=O)c2ccccc2)C(=O)Nc2ccccc2N)c([N+](=O)[O-])cc1OC. The number of carbonyl (C=O) groups is 2. The first kappa shape index (κ1) is 23.8. The maximum absolute atomic E-state index is 13.1. The summed E-state index contributed by atoms with van der Waals surface area (Å²) in [5.74, 6) is -0.957. The van der Waals surface area contributed by atoms with Crippen LogP contribution in [0.25, 0.3) is 6.08 Å². The Morgan fingerprint density at radius 2 is 1.59 bits per heavy atom. The minimum absolute atomic E-state index is 0.0159. The van der Waals surface area contributed by atoms with E-state index in [4.69, 9.17) is 15.2 Å². The van der Waals surface area contributed by atoms with E-state index in [1.54, 1.807) is 54.6 Å². The quantitative estimate of drug-likeness (QED) is 0.201. The molecule has 0 saturated carbocycles. The molecule has 10 heteroatoms. The first-order valence-electron chi connectivity index (χ1n) is 9.98. The standard InChI is InChI=1S/C24H22N4O6/c1-33-21-13-16(20(28(31)32)14-22(21)34-2)12-19(27-23(29)15-8-4-3-5-9-15)24(30)26-18-11-7-6-10-17(18)25/h3-14H,25H2,1-2H3,(H,26,30)(H,27,29). The third kappa shape index (κ3) is 5.49. The third-order valence-electron chi connectivity index (χ3n) is 4.77. The third-order valence-corrected chi connectivity index (χ3v) is 4.77. The number of amides is 2. The number of nitrogen functional groups attached to an aromatic ring is 1. The number of ether oxygens (including phenoxy) is 2. The maximum atomic E-state index is 13.1. The predicted octanol–water partition coefficient (Wildman–Crippen LogP) is 3.60. The molecule has 0 fully saturated rings. The average molecular weight is 462 g/mol. The van der Waals surface area contributed by atoms with Crippen molar-refractivity contribution in [1.29, 1.82) is 0 Å². The summed E-state index contributed by atoms with van der Waals surface area (Å²) in [6.45, 7) is 0. The summed E-state index contributed by atoms with van der Waals surface area (Å²) >= 11 is 0. The molecule has 0 spiro atoms. The van der Waals surface area contributed by atoms with Gasteiger partial charge in [-0.3, -0.25) is 19.7 Å². The zero-order valence-corrected chi connectivity index (χ0v) is 18.4. The van der Waals surface area contributed by atoms with Crippen molar-refractivity contribution in [3.63, 3.8) is 0 Å². The first-order chi connectivity index (χ1) is 16.3. The lowest BCUT2D eigenvalue weighted by molar-refractivity contribution is -0.385. The van der Waals surface area contributed by atoms with Crippen molar-refractivity contribution in [3.8, 4) is 11.5 Å². The van der Waals surface area contributed by atoms with E-state index in [-0.39, 0.29) is 28.4 Å². The van der Waals surface area contributed by atoms with Crippen LogP contribution in [0.2, 0.25) is 0 Å². The highest BCUT2D eigenvalue weighted by Gasteiger charge is 2.22. The molecule has 3 aromatic carbocycles. The van der Waals surface area contributed by atoms with E-state index in [0.29, 0.717) is 16.9 Å². The van der Waals surface area contributed by atoms with Crippen LogP contribution in [0.3, 0.4) is 0 Å². The normalized spacial score (nSPS) is 10.8. The molecule has 0 saturated heterocycles. The van der Waals surface area contributed by atoms with Gasteiger partial charge in [-0.05, 0) is 36.4 Å². The minimum atomic E-state index is -0.730. The number of nitro groups is 1. The molecule has 34 heavy (non-hydrogen) atoms. The number of nitro benzene ring substituents is 1. The second kappa shape index (κ2) is 10.6. The molecular weight excluding hydrogens is 440 g/mol. The molecule has 0 radical (unpaired) electrons. The van der Waals surface area contributed by atoms with Crippen molar-refractivity contribution in [2.75, 3.05) is 25.3 Å². The Labute approximate surface area is 195 Å². The highest BCUT2D eigenvalue weighted by molar-refractivity contribution is 6.11. The van der Waals surface area contributed by atoms with Crippen molar-refractivity contribution in [1.82, 2.24) is 5.32 Å². The van der Waals surface area contributed by atoms with E-state index in [9.17, 15) is 19.7 Å². The minimum Gasteiger partial charge on any atom is -0.493 e. The fourth-order valence-electron chi connectivity index (χ4n) is 3.06. The van der Waals surface area contributed by atoms with E-state index in [2.05, 4.69) is 10.6 Å². The number of carbonyl (C=O) groups excluding carboxylic acids is 2. The van der Waals surface area contributed by atoms with Gasteiger partial charge < -0.3 is 25.8 Å². The van der Waals surface area contributed by atoms with Crippen LogP contribution in [-0.4, -0.2) is 31.0 Å². The van der Waals surface area contributed by atoms with Crippen LogP contribution in [0.15, 0.2) is 72.4 Å². The molecule has 174 valence electrons. The summed E-state index contributed by atoms with van der Waals surface area (Å²) in [6.07, 6.45) is 1.19. The van der Waals surface area contributed by atoms with Crippen LogP contribution in [0.5, 0.6) is 11.5 Å². The summed E-state index contributed by atoms with van der Waals surface area (Å²) in [7, 11) is 2.72. The summed E-state index contributed by atoms with van der Waals surface area (Å²) in [6, 6.07) is 17.3. The molecule has 2 amide bonds. The van der Waals surface area contributed by atoms with Gasteiger partial charge in [0.2, 0.25) is 0 Å². The van der Waals surface area contributed by atoms with E-state index in [1.807, 2.05) is 0 Å². The van der Waals surface area contributed by atoms with Gasteiger partial charge in [-0.2, -0.15) is 0 Å². The molecule has 0 unspecified atom stereocenters. The van der Waals surface area contributed by atoms with Crippen molar-refractivity contribution in [3.05, 3.63) is 93.7 Å². The van der Waals surface area contributed by atoms with Gasteiger partial charge in [0.05, 0.1) is 42.1 Å².